The summed E-state index contributed by atoms with van der Waals surface area (Å²) in [6.45, 7) is 3.91. The van der Waals surface area contributed by atoms with Crippen LogP contribution in [0.4, 0.5) is 4.79 Å². The molecule has 2 amide bonds. The first-order valence-electron chi connectivity index (χ1n) is 10.9. The molecule has 2 aromatic carbocycles. The molecule has 4 rings (SSSR count). The molecule has 1 aliphatic carbocycles. The van der Waals surface area contributed by atoms with Gasteiger partial charge in [-0.1, -0.05) is 48.5 Å². The summed E-state index contributed by atoms with van der Waals surface area (Å²) in [6, 6.07) is 16.1. The fourth-order valence-corrected chi connectivity index (χ4v) is 4.06. The molecule has 3 N–H and O–H groups in total. The maximum absolute atomic E-state index is 12.6. The first kappa shape index (κ1) is 23.0. The van der Waals surface area contributed by atoms with E-state index in [2.05, 4.69) is 27.8 Å². The first-order valence-corrected chi connectivity index (χ1v) is 10.9. The van der Waals surface area contributed by atoms with Gasteiger partial charge in [0.2, 0.25) is 5.91 Å². The van der Waals surface area contributed by atoms with Crippen molar-refractivity contribution in [2.75, 3.05) is 13.2 Å². The van der Waals surface area contributed by atoms with Gasteiger partial charge in [-0.15, -0.1) is 0 Å². The Balaban J connectivity index is 1.30. The van der Waals surface area contributed by atoms with Crippen molar-refractivity contribution in [1.29, 1.82) is 0 Å². The second-order valence-electron chi connectivity index (χ2n) is 8.63. The summed E-state index contributed by atoms with van der Waals surface area (Å²) < 4.78 is 7.09. The van der Waals surface area contributed by atoms with Gasteiger partial charge >= 0.3 is 12.1 Å². The molecule has 0 atom stereocenters. The summed E-state index contributed by atoms with van der Waals surface area (Å²) in [4.78, 5) is 39.8. The van der Waals surface area contributed by atoms with Crippen molar-refractivity contribution in [3.63, 3.8) is 0 Å². The van der Waals surface area contributed by atoms with Gasteiger partial charge in [0.05, 0.1) is 6.33 Å². The van der Waals surface area contributed by atoms with Crippen LogP contribution >= 0.6 is 0 Å². The SMILES string of the molecule is CC(C)(NC(=O)OCC1c2ccccc2-c2ccccc21)C(=O)NCCn1cnc(C(=O)O)c1. The highest BCUT2D eigenvalue weighted by Crippen LogP contribution is 2.44. The zero-order valence-corrected chi connectivity index (χ0v) is 18.9. The number of aromatic carboxylic acids is 1. The number of aromatic nitrogens is 2. The van der Waals surface area contributed by atoms with Crippen LogP contribution in [0.3, 0.4) is 0 Å². The van der Waals surface area contributed by atoms with Gasteiger partial charge in [-0.25, -0.2) is 14.6 Å². The third-order valence-electron chi connectivity index (χ3n) is 5.83. The number of fused-ring (bicyclic) bond motifs is 3. The Hall–Kier alpha value is -4.14. The van der Waals surface area contributed by atoms with Crippen molar-refractivity contribution in [1.82, 2.24) is 20.2 Å². The molecule has 1 aliphatic rings. The summed E-state index contributed by atoms with van der Waals surface area (Å²) in [5.74, 6) is -1.57. The zero-order chi connectivity index (χ0) is 24.3. The van der Waals surface area contributed by atoms with E-state index in [0.29, 0.717) is 6.54 Å². The number of amides is 2. The molecule has 9 heteroatoms. The number of ether oxygens (including phenoxy) is 1. The third-order valence-corrected chi connectivity index (χ3v) is 5.83. The molecule has 3 aromatic rings. The maximum Gasteiger partial charge on any atom is 0.408 e. The van der Waals surface area contributed by atoms with E-state index < -0.39 is 17.6 Å². The lowest BCUT2D eigenvalue weighted by molar-refractivity contribution is -0.126. The molecule has 0 spiro atoms. The van der Waals surface area contributed by atoms with E-state index in [0.717, 1.165) is 22.3 Å². The first-order chi connectivity index (χ1) is 16.3. The van der Waals surface area contributed by atoms with Gasteiger partial charge < -0.3 is 25.0 Å². The number of carbonyl (C=O) groups is 3. The second-order valence-corrected chi connectivity index (χ2v) is 8.63. The summed E-state index contributed by atoms with van der Waals surface area (Å²) in [6.07, 6.45) is 2.09. The van der Waals surface area contributed by atoms with Crippen LogP contribution in [0.2, 0.25) is 0 Å². The summed E-state index contributed by atoms with van der Waals surface area (Å²) in [5, 5.41) is 14.3. The Labute approximate surface area is 196 Å². The number of imidazole rings is 1. The number of carboxylic acid groups (broad SMARTS) is 1. The van der Waals surface area contributed by atoms with Gasteiger partial charge in [0.25, 0.3) is 0 Å². The fourth-order valence-electron chi connectivity index (χ4n) is 4.06. The maximum atomic E-state index is 12.6. The smallest absolute Gasteiger partial charge is 0.408 e. The lowest BCUT2D eigenvalue weighted by Crippen LogP contribution is -2.55. The van der Waals surface area contributed by atoms with E-state index in [1.807, 2.05) is 36.4 Å². The minimum Gasteiger partial charge on any atom is -0.476 e. The van der Waals surface area contributed by atoms with Gasteiger partial charge in [-0.3, -0.25) is 4.79 Å². The van der Waals surface area contributed by atoms with Gasteiger partial charge in [-0.2, -0.15) is 0 Å². The number of carboxylic acids is 1. The minimum absolute atomic E-state index is 0.0661. The number of nitrogens with one attached hydrogen (secondary N) is 2. The Morgan fingerprint density at radius 2 is 1.68 bits per heavy atom. The number of carbonyl (C=O) groups excluding carboxylic acids is 2. The average molecular weight is 463 g/mol. The van der Waals surface area contributed by atoms with Crippen LogP contribution in [0, 0.1) is 0 Å². The van der Waals surface area contributed by atoms with Crippen molar-refractivity contribution in [2.45, 2.75) is 31.8 Å². The van der Waals surface area contributed by atoms with Gasteiger partial charge in [0.15, 0.2) is 5.69 Å². The Kier molecular flexibility index (Phi) is 6.36. The summed E-state index contributed by atoms with van der Waals surface area (Å²) in [7, 11) is 0. The second kappa shape index (κ2) is 9.38. The van der Waals surface area contributed by atoms with E-state index in [-0.39, 0.29) is 30.7 Å². The monoisotopic (exact) mass is 462 g/mol. The van der Waals surface area contributed by atoms with Crippen molar-refractivity contribution in [3.05, 3.63) is 77.9 Å². The normalized spacial score (nSPS) is 12.5. The molecule has 1 heterocycles. The molecule has 0 fully saturated rings. The highest BCUT2D eigenvalue weighted by atomic mass is 16.5. The molecular weight excluding hydrogens is 436 g/mol. The number of benzene rings is 2. The molecule has 34 heavy (non-hydrogen) atoms. The van der Waals surface area contributed by atoms with Crippen LogP contribution in [0.5, 0.6) is 0 Å². The highest BCUT2D eigenvalue weighted by Gasteiger charge is 2.32. The molecule has 0 aliphatic heterocycles. The van der Waals surface area contributed by atoms with Gasteiger partial charge in [0, 0.05) is 25.2 Å². The van der Waals surface area contributed by atoms with E-state index in [9.17, 15) is 14.4 Å². The molecule has 0 radical (unpaired) electrons. The number of nitrogens with zero attached hydrogens (tertiary/aromatic N) is 2. The van der Waals surface area contributed by atoms with Crippen molar-refractivity contribution < 1.29 is 24.2 Å². The number of rotatable bonds is 8. The topological polar surface area (TPSA) is 123 Å². The molecule has 0 saturated carbocycles. The Morgan fingerprint density at radius 3 is 2.26 bits per heavy atom. The lowest BCUT2D eigenvalue weighted by atomic mass is 9.98. The molecule has 9 nitrogen and oxygen atoms in total. The Bertz CT molecular complexity index is 1190. The fraction of sp³-hybridized carbons (Fsp3) is 0.280. The van der Waals surface area contributed by atoms with Crippen LogP contribution < -0.4 is 10.6 Å². The molecular formula is C25H26N4O5. The molecule has 176 valence electrons. The van der Waals surface area contributed by atoms with Crippen LogP contribution in [0.25, 0.3) is 11.1 Å². The molecule has 0 unspecified atom stereocenters. The average Bonchev–Trinajstić information content (AvgIpc) is 3.40. The van der Waals surface area contributed by atoms with Crippen LogP contribution in [-0.2, 0) is 16.1 Å². The zero-order valence-electron chi connectivity index (χ0n) is 18.9. The predicted octanol–water partition coefficient (Wildman–Crippen LogP) is 3.01. The van der Waals surface area contributed by atoms with Crippen LogP contribution in [0.15, 0.2) is 61.1 Å². The molecule has 0 saturated heterocycles. The largest absolute Gasteiger partial charge is 0.476 e. The highest BCUT2D eigenvalue weighted by molar-refractivity contribution is 5.89. The van der Waals surface area contributed by atoms with Crippen LogP contribution in [-0.4, -0.2) is 51.3 Å². The summed E-state index contributed by atoms with van der Waals surface area (Å²) in [5.41, 5.74) is 3.23. The quantitative estimate of drug-likeness (QED) is 0.473. The number of hydrogen-bond acceptors (Lipinski definition) is 5. The van der Waals surface area contributed by atoms with Crippen molar-refractivity contribution >= 4 is 18.0 Å². The van der Waals surface area contributed by atoms with Gasteiger partial charge in [0.1, 0.15) is 12.1 Å². The molecule has 0 bridgehead atoms. The summed E-state index contributed by atoms with van der Waals surface area (Å²) >= 11 is 0. The van der Waals surface area contributed by atoms with Crippen LogP contribution in [0.1, 0.15) is 41.4 Å². The molecule has 1 aromatic heterocycles. The van der Waals surface area contributed by atoms with E-state index in [1.54, 1.807) is 18.4 Å². The van der Waals surface area contributed by atoms with Gasteiger partial charge in [-0.05, 0) is 36.1 Å². The minimum atomic E-state index is -1.20. The third kappa shape index (κ3) is 4.78. The van der Waals surface area contributed by atoms with E-state index in [1.165, 1.54) is 12.5 Å². The predicted molar refractivity (Wildman–Crippen MR) is 124 cm³/mol. The standard InChI is InChI=1S/C25H26N4O5/c1-25(2,23(32)26-11-12-29-13-21(22(30)31)27-15-29)28-24(33)34-14-20-18-9-5-3-7-16(18)17-8-4-6-10-19(17)20/h3-10,13,15,20H,11-12,14H2,1-2H3,(H,26,32)(H,28,33)(H,30,31). The van der Waals surface area contributed by atoms with E-state index in [4.69, 9.17) is 9.84 Å². The Morgan fingerprint density at radius 1 is 1.06 bits per heavy atom. The van der Waals surface area contributed by atoms with Crippen molar-refractivity contribution in [3.8, 4) is 11.1 Å². The lowest BCUT2D eigenvalue weighted by Gasteiger charge is -2.25. The van der Waals surface area contributed by atoms with Crippen molar-refractivity contribution in [2.24, 2.45) is 0 Å². The number of alkyl carbamates (subject to hydrolysis) is 1. The van der Waals surface area contributed by atoms with E-state index >= 15 is 0 Å². The number of hydrogen-bond donors (Lipinski definition) is 3.